The van der Waals surface area contributed by atoms with Crippen LogP contribution >= 0.6 is 0 Å². The van der Waals surface area contributed by atoms with Crippen molar-refractivity contribution in [1.82, 2.24) is 10.3 Å². The molecule has 3 rings (SSSR count). The zero-order valence-corrected chi connectivity index (χ0v) is 11.2. The fourth-order valence-electron chi connectivity index (χ4n) is 2.65. The van der Waals surface area contributed by atoms with Crippen LogP contribution in [0.5, 0.6) is 0 Å². The number of anilines is 1. The molecule has 1 aromatic heterocycles. The molecule has 1 aliphatic rings. The highest BCUT2D eigenvalue weighted by Crippen LogP contribution is 2.33. The predicted molar refractivity (Wildman–Crippen MR) is 78.1 cm³/mol. The van der Waals surface area contributed by atoms with Crippen molar-refractivity contribution in [2.45, 2.75) is 13.0 Å². The molecule has 0 saturated carbocycles. The maximum Gasteiger partial charge on any atom is 0.278 e. The maximum atomic E-state index is 11.1. The van der Waals surface area contributed by atoms with Gasteiger partial charge in [-0.3, -0.25) is 15.1 Å². The summed E-state index contributed by atoms with van der Waals surface area (Å²) in [7, 11) is 0. The quantitative estimate of drug-likeness (QED) is 0.680. The maximum absolute atomic E-state index is 11.1. The number of aromatic nitrogens is 1. The highest BCUT2D eigenvalue weighted by Gasteiger charge is 2.26. The number of likely N-dealkylation sites (N-methyl/N-ethyl adjacent to an activating group) is 1. The van der Waals surface area contributed by atoms with Crippen molar-refractivity contribution < 1.29 is 4.92 Å². The summed E-state index contributed by atoms with van der Waals surface area (Å²) in [4.78, 5) is 17.4. The van der Waals surface area contributed by atoms with E-state index in [0.29, 0.717) is 16.9 Å². The molecule has 0 amide bonds. The molecule has 0 unspecified atom stereocenters. The molecule has 2 aromatic rings. The molecular weight excluding hydrogens is 256 g/mol. The van der Waals surface area contributed by atoms with Crippen molar-refractivity contribution in [3.8, 4) is 0 Å². The van der Waals surface area contributed by atoms with Crippen molar-refractivity contribution in [2.24, 2.45) is 0 Å². The van der Waals surface area contributed by atoms with Gasteiger partial charge >= 0.3 is 0 Å². The van der Waals surface area contributed by atoms with Gasteiger partial charge in [0.25, 0.3) is 5.69 Å². The highest BCUT2D eigenvalue weighted by atomic mass is 16.6. The predicted octanol–water partition coefficient (Wildman–Crippen LogP) is 1.94. The average Bonchev–Trinajstić information content (AvgIpc) is 2.41. The van der Waals surface area contributed by atoms with Crippen LogP contribution in [0.15, 0.2) is 30.5 Å². The first-order valence-electron chi connectivity index (χ1n) is 6.72. The molecule has 2 heterocycles. The molecule has 1 aliphatic heterocycles. The van der Waals surface area contributed by atoms with Crippen LogP contribution in [-0.2, 0) is 0 Å². The fraction of sp³-hybridized carbons (Fsp3) is 0.357. The molecule has 0 bridgehead atoms. The van der Waals surface area contributed by atoms with Crippen LogP contribution in [0, 0.1) is 10.1 Å². The largest absolute Gasteiger partial charge is 0.364 e. The van der Waals surface area contributed by atoms with Crippen molar-refractivity contribution in [3.63, 3.8) is 0 Å². The summed E-state index contributed by atoms with van der Waals surface area (Å²) in [5.74, 6) is 0. The normalized spacial score (nSPS) is 15.1. The number of pyridine rings is 1. The number of nitro groups is 1. The second-order valence-electron chi connectivity index (χ2n) is 4.86. The molecule has 6 nitrogen and oxygen atoms in total. The fourth-order valence-corrected chi connectivity index (χ4v) is 2.65. The van der Waals surface area contributed by atoms with Gasteiger partial charge in [-0.2, -0.15) is 0 Å². The molecule has 6 heteroatoms. The zero-order chi connectivity index (χ0) is 14.1. The van der Waals surface area contributed by atoms with Gasteiger partial charge in [0.1, 0.15) is 5.52 Å². The van der Waals surface area contributed by atoms with Crippen molar-refractivity contribution in [1.29, 1.82) is 0 Å². The third-order valence-corrected chi connectivity index (χ3v) is 3.77. The van der Waals surface area contributed by atoms with E-state index in [2.05, 4.69) is 22.1 Å². The van der Waals surface area contributed by atoms with Crippen LogP contribution in [0.3, 0.4) is 0 Å². The van der Waals surface area contributed by atoms with Crippen LogP contribution in [0.25, 0.3) is 10.9 Å². The summed E-state index contributed by atoms with van der Waals surface area (Å²) >= 11 is 0. The Morgan fingerprint density at radius 1 is 1.45 bits per heavy atom. The standard InChI is InChI=1S/C14H16N4O2/c1-2-17(10-8-15-9-10)13-6-5-12(18(19)20)11-4-3-7-16-14(11)13/h3-7,10,15H,2,8-9H2,1H3. The van der Waals surface area contributed by atoms with E-state index in [-0.39, 0.29) is 10.6 Å². The Balaban J connectivity index is 2.16. The first-order valence-corrected chi connectivity index (χ1v) is 6.72. The molecule has 0 spiro atoms. The second kappa shape index (κ2) is 5.05. The van der Waals surface area contributed by atoms with E-state index in [1.807, 2.05) is 6.07 Å². The van der Waals surface area contributed by atoms with Gasteiger partial charge in [0.05, 0.1) is 22.0 Å². The Labute approximate surface area is 116 Å². The first kappa shape index (κ1) is 12.8. The van der Waals surface area contributed by atoms with E-state index in [0.717, 1.165) is 25.3 Å². The number of hydrogen-bond donors (Lipinski definition) is 1. The lowest BCUT2D eigenvalue weighted by Crippen LogP contribution is -2.57. The number of nitrogens with one attached hydrogen (secondary N) is 1. The van der Waals surface area contributed by atoms with Gasteiger partial charge in [0, 0.05) is 31.9 Å². The van der Waals surface area contributed by atoms with Gasteiger partial charge in [0.2, 0.25) is 0 Å². The van der Waals surface area contributed by atoms with Gasteiger partial charge in [0.15, 0.2) is 0 Å². The summed E-state index contributed by atoms with van der Waals surface area (Å²) in [5.41, 5.74) is 1.79. The van der Waals surface area contributed by atoms with E-state index < -0.39 is 0 Å². The van der Waals surface area contributed by atoms with Crippen molar-refractivity contribution in [2.75, 3.05) is 24.5 Å². The number of non-ortho nitro benzene ring substituents is 1. The zero-order valence-electron chi connectivity index (χ0n) is 11.2. The van der Waals surface area contributed by atoms with E-state index in [9.17, 15) is 10.1 Å². The summed E-state index contributed by atoms with van der Waals surface area (Å²) in [6, 6.07) is 7.33. The van der Waals surface area contributed by atoms with Gasteiger partial charge < -0.3 is 10.2 Å². The molecule has 1 saturated heterocycles. The molecule has 0 radical (unpaired) electrons. The Hall–Kier alpha value is -2.21. The van der Waals surface area contributed by atoms with Crippen molar-refractivity contribution in [3.05, 3.63) is 40.6 Å². The minimum Gasteiger partial charge on any atom is -0.364 e. The highest BCUT2D eigenvalue weighted by molar-refractivity contribution is 5.97. The number of benzene rings is 1. The molecular formula is C14H16N4O2. The van der Waals surface area contributed by atoms with Gasteiger partial charge in [-0.15, -0.1) is 0 Å². The number of rotatable bonds is 4. The summed E-state index contributed by atoms with van der Waals surface area (Å²) in [6.07, 6.45) is 1.68. The average molecular weight is 272 g/mol. The first-order chi connectivity index (χ1) is 9.72. The smallest absolute Gasteiger partial charge is 0.278 e. The van der Waals surface area contributed by atoms with Crippen molar-refractivity contribution >= 4 is 22.3 Å². The topological polar surface area (TPSA) is 71.3 Å². The van der Waals surface area contributed by atoms with E-state index in [4.69, 9.17) is 0 Å². The minimum atomic E-state index is -0.352. The van der Waals surface area contributed by atoms with Gasteiger partial charge in [-0.25, -0.2) is 0 Å². The van der Waals surface area contributed by atoms with Gasteiger partial charge in [-0.05, 0) is 25.1 Å². The molecule has 1 fully saturated rings. The number of nitro benzene ring substituents is 1. The lowest BCUT2D eigenvalue weighted by molar-refractivity contribution is -0.383. The third kappa shape index (κ3) is 1.98. The molecule has 104 valence electrons. The van der Waals surface area contributed by atoms with Crippen LogP contribution in [-0.4, -0.2) is 35.6 Å². The van der Waals surface area contributed by atoms with Crippen LogP contribution in [0.4, 0.5) is 11.4 Å². The number of nitrogens with zero attached hydrogens (tertiary/aromatic N) is 3. The van der Waals surface area contributed by atoms with E-state index >= 15 is 0 Å². The molecule has 0 aliphatic carbocycles. The number of hydrogen-bond acceptors (Lipinski definition) is 5. The molecule has 0 atom stereocenters. The summed E-state index contributed by atoms with van der Waals surface area (Å²) in [5, 5.41) is 15.0. The Kier molecular flexibility index (Phi) is 3.23. The molecule has 1 aromatic carbocycles. The summed E-state index contributed by atoms with van der Waals surface area (Å²) in [6.45, 7) is 4.84. The number of fused-ring (bicyclic) bond motifs is 1. The van der Waals surface area contributed by atoms with Gasteiger partial charge in [-0.1, -0.05) is 0 Å². The van der Waals surface area contributed by atoms with E-state index in [1.54, 1.807) is 24.4 Å². The lowest BCUT2D eigenvalue weighted by atomic mass is 10.1. The Morgan fingerprint density at radius 3 is 2.85 bits per heavy atom. The van der Waals surface area contributed by atoms with Crippen LogP contribution < -0.4 is 10.2 Å². The second-order valence-corrected chi connectivity index (χ2v) is 4.86. The molecule has 20 heavy (non-hydrogen) atoms. The van der Waals surface area contributed by atoms with Crippen LogP contribution in [0.2, 0.25) is 0 Å². The Bertz CT molecular complexity index is 655. The van der Waals surface area contributed by atoms with Crippen LogP contribution in [0.1, 0.15) is 6.92 Å². The molecule has 1 N–H and O–H groups in total. The summed E-state index contributed by atoms with van der Waals surface area (Å²) < 4.78 is 0. The van der Waals surface area contributed by atoms with E-state index in [1.165, 1.54) is 0 Å². The third-order valence-electron chi connectivity index (χ3n) is 3.77. The SMILES string of the molecule is CCN(c1ccc([N+](=O)[O-])c2cccnc12)C1CNC1. The lowest BCUT2D eigenvalue weighted by Gasteiger charge is -2.39. The monoisotopic (exact) mass is 272 g/mol. The minimum absolute atomic E-state index is 0.111. The Morgan fingerprint density at radius 2 is 2.25 bits per heavy atom.